The van der Waals surface area contributed by atoms with Crippen LogP contribution in [0, 0.1) is 17.8 Å². The number of hydrogen-bond donors (Lipinski definition) is 2. The van der Waals surface area contributed by atoms with Crippen molar-refractivity contribution in [3.63, 3.8) is 0 Å². The summed E-state index contributed by atoms with van der Waals surface area (Å²) >= 11 is 0. The second-order valence-electron chi connectivity index (χ2n) is 6.73. The first-order valence-corrected chi connectivity index (χ1v) is 8.03. The van der Waals surface area contributed by atoms with E-state index in [4.69, 9.17) is 0 Å². The van der Waals surface area contributed by atoms with Gasteiger partial charge in [0.2, 0.25) is 0 Å². The Morgan fingerprint density at radius 3 is 1.56 bits per heavy atom. The maximum atomic E-state index is 9.97. The lowest BCUT2D eigenvalue weighted by Gasteiger charge is -2.31. The molecule has 4 unspecified atom stereocenters. The highest BCUT2D eigenvalue weighted by Crippen LogP contribution is 2.38. The molecule has 0 heterocycles. The van der Waals surface area contributed by atoms with E-state index in [2.05, 4.69) is 6.92 Å². The van der Waals surface area contributed by atoms with Gasteiger partial charge >= 0.3 is 0 Å². The quantitative estimate of drug-likeness (QED) is 0.740. The van der Waals surface area contributed by atoms with E-state index >= 15 is 0 Å². The van der Waals surface area contributed by atoms with Crippen molar-refractivity contribution in [3.05, 3.63) is 0 Å². The van der Waals surface area contributed by atoms with Gasteiger partial charge in [-0.05, 0) is 43.4 Å². The lowest BCUT2D eigenvalue weighted by Crippen LogP contribution is -2.25. The van der Waals surface area contributed by atoms with Crippen LogP contribution in [0.25, 0.3) is 0 Å². The summed E-state index contributed by atoms with van der Waals surface area (Å²) in [5.74, 6) is 2.03. The molecule has 2 aliphatic carbocycles. The Labute approximate surface area is 112 Å². The highest BCUT2D eigenvalue weighted by atomic mass is 16.3. The van der Waals surface area contributed by atoms with E-state index in [1.807, 2.05) is 0 Å². The van der Waals surface area contributed by atoms with Crippen molar-refractivity contribution in [2.75, 3.05) is 0 Å². The first-order chi connectivity index (χ1) is 8.66. The monoisotopic (exact) mass is 254 g/mol. The first kappa shape index (κ1) is 14.3. The molecule has 106 valence electrons. The minimum Gasteiger partial charge on any atom is -0.393 e. The van der Waals surface area contributed by atoms with E-state index in [9.17, 15) is 10.2 Å². The van der Waals surface area contributed by atoms with E-state index in [-0.39, 0.29) is 12.2 Å². The smallest absolute Gasteiger partial charge is 0.0543 e. The van der Waals surface area contributed by atoms with E-state index < -0.39 is 0 Å². The Bertz CT molecular complexity index is 217. The van der Waals surface area contributed by atoms with Crippen molar-refractivity contribution in [1.82, 2.24) is 0 Å². The van der Waals surface area contributed by atoms with Crippen molar-refractivity contribution in [1.29, 1.82) is 0 Å². The summed E-state index contributed by atoms with van der Waals surface area (Å²) in [6.45, 7) is 2.37. The molecule has 0 bridgehead atoms. The van der Waals surface area contributed by atoms with Crippen LogP contribution in [0.15, 0.2) is 0 Å². The maximum absolute atomic E-state index is 9.97. The summed E-state index contributed by atoms with van der Waals surface area (Å²) in [4.78, 5) is 0. The van der Waals surface area contributed by atoms with Crippen LogP contribution in [0.5, 0.6) is 0 Å². The molecule has 2 nitrogen and oxygen atoms in total. The van der Waals surface area contributed by atoms with Gasteiger partial charge in [0.25, 0.3) is 0 Å². The Morgan fingerprint density at radius 2 is 1.11 bits per heavy atom. The molecule has 2 saturated carbocycles. The van der Waals surface area contributed by atoms with E-state index in [1.54, 1.807) is 0 Å². The molecule has 0 radical (unpaired) electrons. The fourth-order valence-corrected chi connectivity index (χ4v) is 4.08. The molecule has 2 heteroatoms. The highest BCUT2D eigenvalue weighted by Gasteiger charge is 2.30. The third kappa shape index (κ3) is 3.96. The Hall–Kier alpha value is -0.0800. The molecule has 18 heavy (non-hydrogen) atoms. The van der Waals surface area contributed by atoms with Crippen molar-refractivity contribution in [2.24, 2.45) is 17.8 Å². The summed E-state index contributed by atoms with van der Waals surface area (Å²) in [6.07, 6.45) is 11.3. The lowest BCUT2D eigenvalue weighted by molar-refractivity contribution is 0.0883. The number of aliphatic hydroxyl groups is 2. The molecule has 0 amide bonds. The molecule has 0 saturated heterocycles. The minimum absolute atomic E-state index is 0.0735. The van der Waals surface area contributed by atoms with Crippen LogP contribution in [-0.2, 0) is 0 Å². The van der Waals surface area contributed by atoms with Gasteiger partial charge < -0.3 is 10.2 Å². The molecule has 0 aromatic carbocycles. The predicted molar refractivity (Wildman–Crippen MR) is 74.3 cm³/mol. The van der Waals surface area contributed by atoms with Crippen molar-refractivity contribution in [3.8, 4) is 0 Å². The summed E-state index contributed by atoms with van der Waals surface area (Å²) in [5.41, 5.74) is 0. The zero-order valence-electron chi connectivity index (χ0n) is 11.9. The average Bonchev–Trinajstić information content (AvgIpc) is 2.68. The second-order valence-corrected chi connectivity index (χ2v) is 6.73. The molecular weight excluding hydrogens is 224 g/mol. The van der Waals surface area contributed by atoms with E-state index in [0.29, 0.717) is 17.8 Å². The van der Waals surface area contributed by atoms with Crippen LogP contribution < -0.4 is 0 Å². The van der Waals surface area contributed by atoms with Crippen molar-refractivity contribution >= 4 is 0 Å². The Balaban J connectivity index is 1.93. The van der Waals surface area contributed by atoms with Gasteiger partial charge in [-0.2, -0.15) is 0 Å². The van der Waals surface area contributed by atoms with Gasteiger partial charge in [0, 0.05) is 0 Å². The zero-order chi connectivity index (χ0) is 13.0. The second kappa shape index (κ2) is 6.91. The molecular formula is C16H30O2. The Kier molecular flexibility index (Phi) is 5.50. The fourth-order valence-electron chi connectivity index (χ4n) is 4.08. The van der Waals surface area contributed by atoms with Crippen LogP contribution in [0.2, 0.25) is 0 Å². The average molecular weight is 254 g/mol. The summed E-state index contributed by atoms with van der Waals surface area (Å²) in [7, 11) is 0. The predicted octanol–water partition coefficient (Wildman–Crippen LogP) is 3.50. The molecule has 2 aliphatic rings. The molecule has 2 N–H and O–H groups in total. The van der Waals surface area contributed by atoms with Crippen LogP contribution in [-0.4, -0.2) is 22.4 Å². The molecule has 2 fully saturated rings. The molecule has 2 rings (SSSR count). The third-order valence-corrected chi connectivity index (χ3v) is 5.36. The number of hydrogen-bond acceptors (Lipinski definition) is 2. The normalized spacial score (nSPS) is 40.8. The van der Waals surface area contributed by atoms with Crippen molar-refractivity contribution < 1.29 is 10.2 Å². The molecule has 0 aromatic rings. The lowest BCUT2D eigenvalue weighted by atomic mass is 9.75. The van der Waals surface area contributed by atoms with Gasteiger partial charge in [0.05, 0.1) is 12.2 Å². The topological polar surface area (TPSA) is 40.5 Å². The fraction of sp³-hybridized carbons (Fsp3) is 1.00. The van der Waals surface area contributed by atoms with Gasteiger partial charge in [0.1, 0.15) is 0 Å². The number of rotatable bonds is 2. The minimum atomic E-state index is -0.0735. The van der Waals surface area contributed by atoms with E-state index in [1.165, 1.54) is 38.5 Å². The molecule has 0 aromatic heterocycles. The van der Waals surface area contributed by atoms with Gasteiger partial charge in [-0.15, -0.1) is 0 Å². The summed E-state index contributed by atoms with van der Waals surface area (Å²) in [6, 6.07) is 0. The van der Waals surface area contributed by atoms with Crippen LogP contribution in [0.3, 0.4) is 0 Å². The van der Waals surface area contributed by atoms with Crippen molar-refractivity contribution in [2.45, 2.75) is 83.3 Å². The largest absolute Gasteiger partial charge is 0.393 e. The third-order valence-electron chi connectivity index (χ3n) is 5.36. The van der Waals surface area contributed by atoms with Gasteiger partial charge in [0.15, 0.2) is 0 Å². The number of aliphatic hydroxyl groups excluding tert-OH is 2. The highest BCUT2D eigenvalue weighted by molar-refractivity contribution is 4.81. The Morgan fingerprint density at radius 1 is 0.722 bits per heavy atom. The van der Waals surface area contributed by atoms with Gasteiger partial charge in [-0.1, -0.05) is 45.4 Å². The maximum Gasteiger partial charge on any atom is 0.0543 e. The van der Waals surface area contributed by atoms with Crippen LogP contribution in [0.4, 0.5) is 0 Å². The summed E-state index contributed by atoms with van der Waals surface area (Å²) in [5, 5.41) is 19.9. The van der Waals surface area contributed by atoms with Crippen LogP contribution >= 0.6 is 0 Å². The SMILES string of the molecule is CC(C1CCCCC(O)C1)C1CCCCC(O)C1. The van der Waals surface area contributed by atoms with Gasteiger partial charge in [-0.25, -0.2) is 0 Å². The van der Waals surface area contributed by atoms with Gasteiger partial charge in [-0.3, -0.25) is 0 Å². The molecule has 0 aliphatic heterocycles. The standard InChI is InChI=1S/C16H30O2/c1-12(13-6-2-4-8-15(17)10-13)14-7-3-5-9-16(18)11-14/h12-18H,2-11H2,1H3. The van der Waals surface area contributed by atoms with E-state index in [0.717, 1.165) is 25.7 Å². The summed E-state index contributed by atoms with van der Waals surface area (Å²) < 4.78 is 0. The first-order valence-electron chi connectivity index (χ1n) is 8.03. The zero-order valence-corrected chi connectivity index (χ0v) is 11.9. The van der Waals surface area contributed by atoms with Crippen LogP contribution in [0.1, 0.15) is 71.1 Å². The molecule has 0 spiro atoms. The molecule has 4 atom stereocenters.